The molecule has 0 bridgehead atoms. The average molecular weight is 281 g/mol. The Hall–Kier alpha value is -1.85. The van der Waals surface area contributed by atoms with Gasteiger partial charge >= 0.3 is 0 Å². The predicted octanol–water partition coefficient (Wildman–Crippen LogP) is 2.71. The number of aliphatic hydroxyl groups is 1. The molecule has 2 unspecified atom stereocenters. The van der Waals surface area contributed by atoms with Crippen molar-refractivity contribution in [3.63, 3.8) is 0 Å². The molecule has 2 rings (SSSR count). The van der Waals surface area contributed by atoms with Gasteiger partial charge in [0.2, 0.25) is 0 Å². The molecule has 0 radical (unpaired) electrons. The fourth-order valence-corrected chi connectivity index (χ4v) is 1.99. The fraction of sp³-hybridized carbons (Fsp3) is 0.200. The maximum Gasteiger partial charge on any atom is 0.161 e. The van der Waals surface area contributed by atoms with E-state index < -0.39 is 29.6 Å². The molecule has 0 spiro atoms. The number of hydrogen-bond acceptors (Lipinski definition) is 2. The summed E-state index contributed by atoms with van der Waals surface area (Å²) in [5, 5.41) is 9.99. The van der Waals surface area contributed by atoms with Crippen LogP contribution in [0.5, 0.6) is 0 Å². The van der Waals surface area contributed by atoms with Gasteiger partial charge in [-0.1, -0.05) is 30.3 Å². The van der Waals surface area contributed by atoms with Crippen LogP contribution in [0.1, 0.15) is 17.2 Å². The Morgan fingerprint density at radius 3 is 2.20 bits per heavy atom. The topological polar surface area (TPSA) is 46.2 Å². The Balaban J connectivity index is 2.18. The number of rotatable bonds is 4. The summed E-state index contributed by atoms with van der Waals surface area (Å²) in [4.78, 5) is 0. The molecule has 0 amide bonds. The second-order valence-electron chi connectivity index (χ2n) is 4.59. The third-order valence-electron chi connectivity index (χ3n) is 3.08. The smallest absolute Gasteiger partial charge is 0.161 e. The zero-order chi connectivity index (χ0) is 14.7. The fourth-order valence-electron chi connectivity index (χ4n) is 1.99. The summed E-state index contributed by atoms with van der Waals surface area (Å²) >= 11 is 0. The molecule has 0 saturated carbocycles. The van der Waals surface area contributed by atoms with E-state index in [2.05, 4.69) is 0 Å². The summed E-state index contributed by atoms with van der Waals surface area (Å²) in [6, 6.07) is 9.31. The lowest BCUT2D eigenvalue weighted by molar-refractivity contribution is 0.141. The Morgan fingerprint density at radius 2 is 1.55 bits per heavy atom. The summed E-state index contributed by atoms with van der Waals surface area (Å²) in [7, 11) is 0. The Kier molecular flexibility index (Phi) is 4.42. The quantitative estimate of drug-likeness (QED) is 0.846. The first-order valence-corrected chi connectivity index (χ1v) is 6.11. The summed E-state index contributed by atoms with van der Waals surface area (Å²) < 4.78 is 39.5. The molecule has 0 fully saturated rings. The minimum Gasteiger partial charge on any atom is -0.387 e. The van der Waals surface area contributed by atoms with Crippen molar-refractivity contribution in [3.8, 4) is 0 Å². The molecule has 2 atom stereocenters. The number of hydrogen-bond donors (Lipinski definition) is 2. The summed E-state index contributed by atoms with van der Waals surface area (Å²) in [5.41, 5.74) is 6.33. The largest absolute Gasteiger partial charge is 0.387 e. The summed E-state index contributed by atoms with van der Waals surface area (Å²) in [6.45, 7) is 0. The van der Waals surface area contributed by atoms with Crippen LogP contribution in [0.4, 0.5) is 13.2 Å². The standard InChI is InChI=1S/C15H14F3NO/c16-11-8-13(18)12(17)7-10(11)15(20)14(19)6-9-4-2-1-3-5-9/h1-5,7-8,14-15,20H,6,19H2. The number of nitrogens with two attached hydrogens (primary N) is 1. The summed E-state index contributed by atoms with van der Waals surface area (Å²) in [6.07, 6.45) is -1.12. The second kappa shape index (κ2) is 6.07. The molecule has 3 N–H and O–H groups in total. The molecular weight excluding hydrogens is 267 g/mol. The van der Waals surface area contributed by atoms with Crippen LogP contribution in [0.2, 0.25) is 0 Å². The van der Waals surface area contributed by atoms with Crippen molar-refractivity contribution in [1.29, 1.82) is 0 Å². The van der Waals surface area contributed by atoms with Crippen molar-refractivity contribution in [2.24, 2.45) is 5.73 Å². The van der Waals surface area contributed by atoms with Crippen molar-refractivity contribution in [2.75, 3.05) is 0 Å². The van der Waals surface area contributed by atoms with Gasteiger partial charge in [0.15, 0.2) is 11.6 Å². The van der Waals surface area contributed by atoms with Gasteiger partial charge in [-0.05, 0) is 18.1 Å². The molecule has 0 aromatic heterocycles. The van der Waals surface area contributed by atoms with E-state index in [9.17, 15) is 18.3 Å². The van der Waals surface area contributed by atoms with Crippen molar-refractivity contribution in [3.05, 3.63) is 71.0 Å². The van der Waals surface area contributed by atoms with Gasteiger partial charge in [-0.25, -0.2) is 13.2 Å². The molecule has 2 nitrogen and oxygen atoms in total. The molecule has 0 saturated heterocycles. The number of aliphatic hydroxyl groups excluding tert-OH is 1. The maximum atomic E-state index is 13.6. The Labute approximate surface area is 114 Å². The van der Waals surface area contributed by atoms with Gasteiger partial charge in [0, 0.05) is 17.7 Å². The molecule has 5 heteroatoms. The first kappa shape index (κ1) is 14.6. The van der Waals surface area contributed by atoms with Crippen LogP contribution in [0.3, 0.4) is 0 Å². The van der Waals surface area contributed by atoms with Crippen LogP contribution in [0.25, 0.3) is 0 Å². The zero-order valence-corrected chi connectivity index (χ0v) is 10.6. The van der Waals surface area contributed by atoms with E-state index in [1.54, 1.807) is 0 Å². The SMILES string of the molecule is NC(Cc1ccccc1)C(O)c1cc(F)c(F)cc1F. The molecule has 106 valence electrons. The van der Waals surface area contributed by atoms with E-state index in [4.69, 9.17) is 5.73 Å². The predicted molar refractivity (Wildman–Crippen MR) is 69.4 cm³/mol. The molecule has 0 aliphatic rings. The molecule has 0 heterocycles. The highest BCUT2D eigenvalue weighted by molar-refractivity contribution is 5.25. The van der Waals surface area contributed by atoms with Crippen LogP contribution in [0, 0.1) is 17.5 Å². The third-order valence-corrected chi connectivity index (χ3v) is 3.08. The minimum atomic E-state index is -1.41. The lowest BCUT2D eigenvalue weighted by Gasteiger charge is -2.20. The number of benzene rings is 2. The van der Waals surface area contributed by atoms with Crippen LogP contribution in [0.15, 0.2) is 42.5 Å². The van der Waals surface area contributed by atoms with Gasteiger partial charge in [-0.15, -0.1) is 0 Å². The monoisotopic (exact) mass is 281 g/mol. The van der Waals surface area contributed by atoms with E-state index in [1.807, 2.05) is 30.3 Å². The zero-order valence-electron chi connectivity index (χ0n) is 10.6. The highest BCUT2D eigenvalue weighted by Crippen LogP contribution is 2.23. The minimum absolute atomic E-state index is 0.292. The lowest BCUT2D eigenvalue weighted by atomic mass is 9.96. The van der Waals surface area contributed by atoms with Gasteiger partial charge < -0.3 is 10.8 Å². The van der Waals surface area contributed by atoms with E-state index in [0.29, 0.717) is 18.6 Å². The van der Waals surface area contributed by atoms with Crippen LogP contribution in [-0.2, 0) is 6.42 Å². The molecule has 0 aliphatic carbocycles. The van der Waals surface area contributed by atoms with E-state index in [1.165, 1.54) is 0 Å². The summed E-state index contributed by atoms with van der Waals surface area (Å²) in [5.74, 6) is -3.53. The van der Waals surface area contributed by atoms with E-state index in [0.717, 1.165) is 5.56 Å². The van der Waals surface area contributed by atoms with E-state index >= 15 is 0 Å². The van der Waals surface area contributed by atoms with Crippen LogP contribution >= 0.6 is 0 Å². The molecule has 2 aromatic rings. The van der Waals surface area contributed by atoms with Gasteiger partial charge in [-0.3, -0.25) is 0 Å². The van der Waals surface area contributed by atoms with Gasteiger partial charge in [0.1, 0.15) is 5.82 Å². The Morgan fingerprint density at radius 1 is 0.950 bits per heavy atom. The van der Waals surface area contributed by atoms with Crippen molar-refractivity contribution < 1.29 is 18.3 Å². The highest BCUT2D eigenvalue weighted by atomic mass is 19.2. The van der Waals surface area contributed by atoms with Crippen LogP contribution < -0.4 is 5.73 Å². The highest BCUT2D eigenvalue weighted by Gasteiger charge is 2.22. The van der Waals surface area contributed by atoms with Crippen molar-refractivity contribution in [2.45, 2.75) is 18.6 Å². The van der Waals surface area contributed by atoms with Gasteiger partial charge in [-0.2, -0.15) is 0 Å². The average Bonchev–Trinajstić information content (AvgIpc) is 2.43. The lowest BCUT2D eigenvalue weighted by Crippen LogP contribution is -2.31. The van der Waals surface area contributed by atoms with Crippen molar-refractivity contribution >= 4 is 0 Å². The maximum absolute atomic E-state index is 13.6. The second-order valence-corrected chi connectivity index (χ2v) is 4.59. The first-order chi connectivity index (χ1) is 9.49. The molecule has 0 aliphatic heterocycles. The molecular formula is C15H14F3NO. The number of halogens is 3. The molecule has 2 aromatic carbocycles. The molecule has 20 heavy (non-hydrogen) atoms. The Bertz CT molecular complexity index is 589. The van der Waals surface area contributed by atoms with Crippen molar-refractivity contribution in [1.82, 2.24) is 0 Å². The first-order valence-electron chi connectivity index (χ1n) is 6.11. The third kappa shape index (κ3) is 3.18. The normalized spacial score (nSPS) is 14.1. The van der Waals surface area contributed by atoms with Gasteiger partial charge in [0.05, 0.1) is 6.10 Å². The van der Waals surface area contributed by atoms with E-state index in [-0.39, 0.29) is 5.56 Å². The van der Waals surface area contributed by atoms with Gasteiger partial charge in [0.25, 0.3) is 0 Å². The van der Waals surface area contributed by atoms with Crippen LogP contribution in [-0.4, -0.2) is 11.1 Å².